The third-order valence-electron chi connectivity index (χ3n) is 4.94. The highest BCUT2D eigenvalue weighted by molar-refractivity contribution is 9.10. The first-order chi connectivity index (χ1) is 14.5. The largest absolute Gasteiger partial charge is 0.493 e. The Hall–Kier alpha value is -2.72. The van der Waals surface area contributed by atoms with Crippen LogP contribution < -0.4 is 14.8 Å². The van der Waals surface area contributed by atoms with E-state index in [0.29, 0.717) is 19.6 Å². The van der Waals surface area contributed by atoms with Crippen molar-refractivity contribution in [2.45, 2.75) is 33.4 Å². The molecule has 3 aromatic carbocycles. The maximum Gasteiger partial charge on any atom is 0.165 e. The summed E-state index contributed by atoms with van der Waals surface area (Å²) in [5.74, 6) is 1.51. The van der Waals surface area contributed by atoms with Crippen LogP contribution in [-0.4, -0.2) is 7.11 Å². The molecule has 0 bridgehead atoms. The molecule has 1 N–H and O–H groups in total. The number of anilines is 1. The Kier molecular flexibility index (Phi) is 7.58. The summed E-state index contributed by atoms with van der Waals surface area (Å²) in [4.78, 5) is 0. The van der Waals surface area contributed by atoms with E-state index in [2.05, 4.69) is 65.9 Å². The highest BCUT2D eigenvalue weighted by Crippen LogP contribution is 2.34. The van der Waals surface area contributed by atoms with Crippen LogP contribution in [0.15, 0.2) is 71.7 Å². The van der Waals surface area contributed by atoms with Crippen LogP contribution in [0.25, 0.3) is 0 Å². The van der Waals surface area contributed by atoms with E-state index in [1.807, 2.05) is 36.4 Å². The van der Waals surface area contributed by atoms with Gasteiger partial charge >= 0.3 is 0 Å². The van der Waals surface area contributed by atoms with Gasteiger partial charge < -0.3 is 14.8 Å². The van der Waals surface area contributed by atoms with Crippen molar-refractivity contribution in [2.24, 2.45) is 0 Å². The lowest BCUT2D eigenvalue weighted by Crippen LogP contribution is -2.05. The fraction of sp³-hybridized carbons (Fsp3) is 0.231. The minimum atomic E-state index is 0.480. The lowest BCUT2D eigenvalue weighted by atomic mass is 10.0. The molecule has 0 aliphatic rings. The molecule has 0 aromatic heterocycles. The summed E-state index contributed by atoms with van der Waals surface area (Å²) in [7, 11) is 1.68. The average molecular weight is 466 g/mol. The van der Waals surface area contributed by atoms with Crippen LogP contribution in [0.3, 0.4) is 0 Å². The van der Waals surface area contributed by atoms with Crippen LogP contribution in [0.5, 0.6) is 11.5 Å². The Morgan fingerprint density at radius 2 is 1.77 bits per heavy atom. The summed E-state index contributed by atoms with van der Waals surface area (Å²) >= 11 is 3.47. The molecule has 3 rings (SSSR count). The Labute approximate surface area is 187 Å². The van der Waals surface area contributed by atoms with E-state index >= 15 is 0 Å². The summed E-state index contributed by atoms with van der Waals surface area (Å²) in [5.41, 5.74) is 6.95. The first-order valence-corrected chi connectivity index (χ1v) is 10.8. The number of aryl methyl sites for hydroxylation is 2. The van der Waals surface area contributed by atoms with Crippen molar-refractivity contribution in [3.63, 3.8) is 0 Å². The fourth-order valence-electron chi connectivity index (χ4n) is 3.39. The zero-order valence-corrected chi connectivity index (χ0v) is 19.4. The molecule has 0 heterocycles. The molecule has 156 valence electrons. The maximum atomic E-state index is 6.18. The number of methoxy groups -OCH3 is 1. The first-order valence-electron chi connectivity index (χ1n) is 9.99. The predicted octanol–water partition coefficient (Wildman–Crippen LogP) is 6.99. The van der Waals surface area contributed by atoms with Gasteiger partial charge in [-0.3, -0.25) is 0 Å². The molecule has 0 atom stereocenters. The monoisotopic (exact) mass is 465 g/mol. The molecule has 0 radical (unpaired) electrons. The summed E-state index contributed by atoms with van der Waals surface area (Å²) in [6, 6.07) is 18.8. The molecule has 0 aliphatic heterocycles. The number of allylic oxidation sites excluding steroid dienone is 1. The maximum absolute atomic E-state index is 6.18. The van der Waals surface area contributed by atoms with Crippen molar-refractivity contribution in [2.75, 3.05) is 12.4 Å². The molecule has 4 heteroatoms. The van der Waals surface area contributed by atoms with Crippen molar-refractivity contribution in [1.29, 1.82) is 0 Å². The van der Waals surface area contributed by atoms with Crippen LogP contribution in [0.2, 0.25) is 0 Å². The van der Waals surface area contributed by atoms with Gasteiger partial charge in [0, 0.05) is 22.3 Å². The highest BCUT2D eigenvalue weighted by atomic mass is 79.9. The number of benzene rings is 3. The van der Waals surface area contributed by atoms with Gasteiger partial charge in [0.1, 0.15) is 6.61 Å². The van der Waals surface area contributed by atoms with Crippen LogP contribution in [-0.2, 0) is 19.6 Å². The molecule has 0 spiro atoms. The van der Waals surface area contributed by atoms with Crippen molar-refractivity contribution >= 4 is 21.6 Å². The number of hydrogen-bond donors (Lipinski definition) is 1. The molecule has 0 saturated heterocycles. The summed E-state index contributed by atoms with van der Waals surface area (Å²) in [6.07, 6.45) is 2.60. The normalized spacial score (nSPS) is 10.5. The molecule has 3 nitrogen and oxygen atoms in total. The molecule has 3 aromatic rings. The van der Waals surface area contributed by atoms with Gasteiger partial charge in [-0.2, -0.15) is 0 Å². The summed E-state index contributed by atoms with van der Waals surface area (Å²) in [5, 5.41) is 3.53. The fourth-order valence-corrected chi connectivity index (χ4v) is 3.66. The molecule has 0 amide bonds. The van der Waals surface area contributed by atoms with Gasteiger partial charge in [0.2, 0.25) is 0 Å². The van der Waals surface area contributed by atoms with Crippen LogP contribution in [0, 0.1) is 13.8 Å². The van der Waals surface area contributed by atoms with Gasteiger partial charge in [-0.25, -0.2) is 0 Å². The van der Waals surface area contributed by atoms with Crippen LogP contribution in [0.4, 0.5) is 5.69 Å². The lowest BCUT2D eigenvalue weighted by molar-refractivity contribution is 0.281. The van der Waals surface area contributed by atoms with Crippen molar-refractivity contribution in [3.05, 3.63) is 99.5 Å². The molecule has 0 fully saturated rings. The van der Waals surface area contributed by atoms with Crippen molar-refractivity contribution in [3.8, 4) is 11.5 Å². The summed E-state index contributed by atoms with van der Waals surface area (Å²) in [6.45, 7) is 9.32. The minimum absolute atomic E-state index is 0.480. The van der Waals surface area contributed by atoms with E-state index in [9.17, 15) is 0 Å². The van der Waals surface area contributed by atoms with E-state index in [4.69, 9.17) is 9.47 Å². The Bertz CT molecular complexity index is 1010. The molecule has 0 aliphatic carbocycles. The van der Waals surface area contributed by atoms with Gasteiger partial charge in [-0.1, -0.05) is 51.8 Å². The van der Waals surface area contributed by atoms with Gasteiger partial charge in [-0.15, -0.1) is 6.58 Å². The van der Waals surface area contributed by atoms with E-state index in [1.165, 1.54) is 11.1 Å². The van der Waals surface area contributed by atoms with Crippen LogP contribution >= 0.6 is 15.9 Å². The lowest BCUT2D eigenvalue weighted by Gasteiger charge is -2.18. The van der Waals surface area contributed by atoms with Crippen molar-refractivity contribution in [1.82, 2.24) is 0 Å². The average Bonchev–Trinajstić information content (AvgIpc) is 2.73. The number of ether oxygens (including phenoxy) is 2. The standard InChI is InChI=1S/C26H28BrNO2/c1-5-6-22-14-21(16-28-24-12-7-18(2)13-19(24)3)15-25(29-4)26(22)30-17-20-8-10-23(27)11-9-20/h5,7-15,28H,1,6,16-17H2,2-4H3. The quantitative estimate of drug-likeness (QED) is 0.345. The zero-order valence-electron chi connectivity index (χ0n) is 17.8. The third kappa shape index (κ3) is 5.67. The van der Waals surface area contributed by atoms with Crippen molar-refractivity contribution < 1.29 is 9.47 Å². The van der Waals surface area contributed by atoms with Gasteiger partial charge in [0.15, 0.2) is 11.5 Å². The third-order valence-corrected chi connectivity index (χ3v) is 5.47. The Morgan fingerprint density at radius 3 is 2.43 bits per heavy atom. The molecule has 30 heavy (non-hydrogen) atoms. The molecular formula is C26H28BrNO2. The van der Waals surface area contributed by atoms with Gasteiger partial charge in [0.25, 0.3) is 0 Å². The number of halogens is 1. The van der Waals surface area contributed by atoms with E-state index in [-0.39, 0.29) is 0 Å². The number of rotatable bonds is 9. The second-order valence-corrected chi connectivity index (χ2v) is 8.28. The molecule has 0 saturated carbocycles. The van der Waals surface area contributed by atoms with Crippen LogP contribution in [0.1, 0.15) is 27.8 Å². The number of hydrogen-bond acceptors (Lipinski definition) is 3. The highest BCUT2D eigenvalue weighted by Gasteiger charge is 2.13. The summed E-state index contributed by atoms with van der Waals surface area (Å²) < 4.78 is 12.9. The zero-order chi connectivity index (χ0) is 21.5. The van der Waals surface area contributed by atoms with E-state index < -0.39 is 0 Å². The molecular weight excluding hydrogens is 438 g/mol. The molecule has 0 unspecified atom stereocenters. The van der Waals surface area contributed by atoms with Gasteiger partial charge in [-0.05, 0) is 67.3 Å². The topological polar surface area (TPSA) is 30.5 Å². The second kappa shape index (κ2) is 10.4. The minimum Gasteiger partial charge on any atom is -0.493 e. The van der Waals surface area contributed by atoms with E-state index in [1.54, 1.807) is 7.11 Å². The SMILES string of the molecule is C=CCc1cc(CNc2ccc(C)cc2C)cc(OC)c1OCc1ccc(Br)cc1. The second-order valence-electron chi connectivity index (χ2n) is 7.37. The Balaban J connectivity index is 1.81. The van der Waals surface area contributed by atoms with E-state index in [0.717, 1.165) is 38.3 Å². The predicted molar refractivity (Wildman–Crippen MR) is 129 cm³/mol. The first kappa shape index (κ1) is 22.0. The smallest absolute Gasteiger partial charge is 0.165 e. The number of nitrogens with one attached hydrogen (secondary N) is 1. The van der Waals surface area contributed by atoms with Gasteiger partial charge in [0.05, 0.1) is 7.11 Å². The Morgan fingerprint density at radius 1 is 1.00 bits per heavy atom.